The molecular formula is C36H47N3O5S. The van der Waals surface area contributed by atoms with Gasteiger partial charge in [0.2, 0.25) is 21.8 Å². The van der Waals surface area contributed by atoms with Crippen molar-refractivity contribution < 1.29 is 22.7 Å². The van der Waals surface area contributed by atoms with Crippen LogP contribution in [0.5, 0.6) is 5.75 Å². The number of amides is 2. The fourth-order valence-corrected chi connectivity index (χ4v) is 6.91. The third kappa shape index (κ3) is 9.82. The number of hydrogen-bond donors (Lipinski definition) is 1. The molecule has 1 N–H and O–H groups in total. The standard InChI is InChI=1S/C36H47N3O5S/c1-27-20-21-32(23-28(27)2)39(45(4,42)43)22-12-19-35(40)38(26-30-15-11-18-33(24-30)44-3)34(25-29-13-7-5-8-14-29)36(41)37-31-16-9-6-10-17-31/h5,7-8,11,13-15,18,20-21,23-24,31,34H,6,9-10,12,16-17,19,22,25-26H2,1-4H3,(H,37,41). The molecule has 3 aromatic rings. The SMILES string of the molecule is COc1cccc(CN(C(=O)CCCN(c2ccc(C)c(C)c2)S(C)(=O)=O)C(Cc2ccccc2)C(=O)NC2CCCCC2)c1. The lowest BCUT2D eigenvalue weighted by molar-refractivity contribution is -0.141. The Morgan fingerprint density at radius 2 is 1.62 bits per heavy atom. The van der Waals surface area contributed by atoms with Crippen molar-refractivity contribution in [3.05, 3.63) is 95.1 Å². The second-order valence-corrected chi connectivity index (χ2v) is 14.0. The van der Waals surface area contributed by atoms with Crippen molar-refractivity contribution in [3.8, 4) is 5.75 Å². The van der Waals surface area contributed by atoms with Gasteiger partial charge in [0, 0.05) is 32.0 Å². The van der Waals surface area contributed by atoms with Gasteiger partial charge in [-0.3, -0.25) is 13.9 Å². The number of carbonyl (C=O) groups excluding carboxylic acids is 2. The van der Waals surface area contributed by atoms with E-state index in [-0.39, 0.29) is 37.4 Å². The van der Waals surface area contributed by atoms with Gasteiger partial charge in [0.05, 0.1) is 19.1 Å². The van der Waals surface area contributed by atoms with Crippen LogP contribution in [0.2, 0.25) is 0 Å². The van der Waals surface area contributed by atoms with Crippen molar-refractivity contribution in [1.82, 2.24) is 10.2 Å². The molecule has 242 valence electrons. The fraction of sp³-hybridized carbons (Fsp3) is 0.444. The number of ether oxygens (including phenoxy) is 1. The summed E-state index contributed by atoms with van der Waals surface area (Å²) in [5, 5.41) is 3.26. The van der Waals surface area contributed by atoms with E-state index in [4.69, 9.17) is 4.74 Å². The zero-order chi connectivity index (χ0) is 32.4. The summed E-state index contributed by atoms with van der Waals surface area (Å²) in [5.41, 5.74) is 4.46. The highest BCUT2D eigenvalue weighted by Crippen LogP contribution is 2.24. The van der Waals surface area contributed by atoms with Crippen LogP contribution < -0.4 is 14.4 Å². The van der Waals surface area contributed by atoms with Gasteiger partial charge >= 0.3 is 0 Å². The van der Waals surface area contributed by atoms with E-state index in [1.54, 1.807) is 18.1 Å². The zero-order valence-electron chi connectivity index (χ0n) is 27.0. The number of benzene rings is 3. The van der Waals surface area contributed by atoms with Crippen LogP contribution in [0.3, 0.4) is 0 Å². The maximum absolute atomic E-state index is 14.1. The van der Waals surface area contributed by atoms with Crippen LogP contribution in [0.25, 0.3) is 0 Å². The van der Waals surface area contributed by atoms with Crippen molar-refractivity contribution in [1.29, 1.82) is 0 Å². The summed E-state index contributed by atoms with van der Waals surface area (Å²) in [5.74, 6) is 0.310. The van der Waals surface area contributed by atoms with E-state index in [2.05, 4.69) is 5.32 Å². The summed E-state index contributed by atoms with van der Waals surface area (Å²) < 4.78 is 32.4. The van der Waals surface area contributed by atoms with E-state index in [0.717, 1.165) is 47.9 Å². The van der Waals surface area contributed by atoms with Gasteiger partial charge in [-0.05, 0) is 79.6 Å². The molecule has 1 aliphatic carbocycles. The lowest BCUT2D eigenvalue weighted by Gasteiger charge is -2.34. The Morgan fingerprint density at radius 3 is 2.29 bits per heavy atom. The lowest BCUT2D eigenvalue weighted by Crippen LogP contribution is -2.52. The Morgan fingerprint density at radius 1 is 0.911 bits per heavy atom. The molecule has 8 nitrogen and oxygen atoms in total. The Hall–Kier alpha value is -3.85. The minimum absolute atomic E-state index is 0.0861. The number of aryl methyl sites for hydroxylation is 2. The number of carbonyl (C=O) groups is 2. The number of anilines is 1. The van der Waals surface area contributed by atoms with E-state index in [1.165, 1.54) is 17.0 Å². The van der Waals surface area contributed by atoms with Crippen molar-refractivity contribution in [2.24, 2.45) is 0 Å². The average Bonchev–Trinajstić information content (AvgIpc) is 3.02. The number of methoxy groups -OCH3 is 1. The maximum atomic E-state index is 14.1. The van der Waals surface area contributed by atoms with E-state index in [0.29, 0.717) is 24.3 Å². The van der Waals surface area contributed by atoms with Crippen molar-refractivity contribution in [2.75, 3.05) is 24.2 Å². The highest BCUT2D eigenvalue weighted by molar-refractivity contribution is 7.92. The molecule has 0 radical (unpaired) electrons. The second-order valence-electron chi connectivity index (χ2n) is 12.1. The predicted molar refractivity (Wildman–Crippen MR) is 180 cm³/mol. The molecule has 4 rings (SSSR count). The van der Waals surface area contributed by atoms with Crippen LogP contribution >= 0.6 is 0 Å². The molecule has 45 heavy (non-hydrogen) atoms. The van der Waals surface area contributed by atoms with Crippen LogP contribution in [-0.2, 0) is 32.6 Å². The number of sulfonamides is 1. The molecule has 0 bridgehead atoms. The van der Waals surface area contributed by atoms with E-state index in [9.17, 15) is 18.0 Å². The third-order valence-electron chi connectivity index (χ3n) is 8.64. The summed E-state index contributed by atoms with van der Waals surface area (Å²) in [4.78, 5) is 29.8. The molecular weight excluding hydrogens is 586 g/mol. The number of nitrogens with zero attached hydrogens (tertiary/aromatic N) is 2. The molecule has 0 spiro atoms. The summed E-state index contributed by atoms with van der Waals surface area (Å²) in [6.45, 7) is 4.30. The van der Waals surface area contributed by atoms with E-state index < -0.39 is 16.1 Å². The van der Waals surface area contributed by atoms with Crippen molar-refractivity contribution >= 4 is 27.5 Å². The van der Waals surface area contributed by atoms with E-state index in [1.807, 2.05) is 80.6 Å². The molecule has 0 aliphatic heterocycles. The molecule has 1 saturated carbocycles. The van der Waals surface area contributed by atoms with Crippen molar-refractivity contribution in [3.63, 3.8) is 0 Å². The van der Waals surface area contributed by atoms with Crippen LogP contribution in [0, 0.1) is 13.8 Å². The Labute approximate surface area is 268 Å². The van der Waals surface area contributed by atoms with Crippen molar-refractivity contribution in [2.45, 2.75) is 83.8 Å². The monoisotopic (exact) mass is 633 g/mol. The fourth-order valence-electron chi connectivity index (χ4n) is 5.95. The molecule has 2 amide bonds. The Balaban J connectivity index is 1.61. The normalized spacial score (nSPS) is 14.4. The maximum Gasteiger partial charge on any atom is 0.243 e. The number of nitrogens with one attached hydrogen (secondary N) is 1. The van der Waals surface area contributed by atoms with Gasteiger partial charge in [-0.15, -0.1) is 0 Å². The highest BCUT2D eigenvalue weighted by Gasteiger charge is 2.32. The Kier molecular flexibility index (Phi) is 12.0. The molecule has 0 heterocycles. The minimum Gasteiger partial charge on any atom is -0.497 e. The average molecular weight is 634 g/mol. The predicted octanol–water partition coefficient (Wildman–Crippen LogP) is 5.95. The first kappa shape index (κ1) is 34.0. The van der Waals surface area contributed by atoms with Crippen LogP contribution in [0.4, 0.5) is 5.69 Å². The van der Waals surface area contributed by atoms with Gasteiger partial charge in [0.15, 0.2) is 0 Å². The first-order valence-corrected chi connectivity index (χ1v) is 17.7. The topological polar surface area (TPSA) is 96.0 Å². The van der Waals surface area contributed by atoms with Gasteiger partial charge in [0.25, 0.3) is 0 Å². The summed E-state index contributed by atoms with van der Waals surface area (Å²) >= 11 is 0. The molecule has 1 unspecified atom stereocenters. The number of hydrogen-bond acceptors (Lipinski definition) is 5. The van der Waals surface area contributed by atoms with Gasteiger partial charge in [0.1, 0.15) is 11.8 Å². The summed E-state index contributed by atoms with van der Waals surface area (Å²) in [6.07, 6.45) is 7.15. The molecule has 0 saturated heterocycles. The smallest absolute Gasteiger partial charge is 0.243 e. The largest absolute Gasteiger partial charge is 0.497 e. The Bertz CT molecular complexity index is 1540. The molecule has 0 aromatic heterocycles. The highest BCUT2D eigenvalue weighted by atomic mass is 32.2. The molecule has 1 fully saturated rings. The first-order chi connectivity index (χ1) is 21.5. The molecule has 1 aliphatic rings. The molecule has 3 aromatic carbocycles. The first-order valence-electron chi connectivity index (χ1n) is 15.9. The van der Waals surface area contributed by atoms with Gasteiger partial charge < -0.3 is 15.0 Å². The van der Waals surface area contributed by atoms with Gasteiger partial charge in [-0.25, -0.2) is 8.42 Å². The number of rotatable bonds is 14. The van der Waals surface area contributed by atoms with Gasteiger partial charge in [-0.1, -0.05) is 67.8 Å². The van der Waals surface area contributed by atoms with Crippen LogP contribution in [0.1, 0.15) is 67.2 Å². The molecule has 1 atom stereocenters. The summed E-state index contributed by atoms with van der Waals surface area (Å²) in [6, 6.07) is 22.2. The zero-order valence-corrected chi connectivity index (χ0v) is 27.8. The summed E-state index contributed by atoms with van der Waals surface area (Å²) in [7, 11) is -1.98. The lowest BCUT2D eigenvalue weighted by atomic mass is 9.94. The van der Waals surface area contributed by atoms with Crippen LogP contribution in [-0.4, -0.2) is 57.1 Å². The second kappa shape index (κ2) is 15.9. The van der Waals surface area contributed by atoms with Crippen LogP contribution in [0.15, 0.2) is 72.8 Å². The van der Waals surface area contributed by atoms with E-state index >= 15 is 0 Å². The molecule has 9 heteroatoms. The third-order valence-corrected chi connectivity index (χ3v) is 9.83. The quantitative estimate of drug-likeness (QED) is 0.237. The minimum atomic E-state index is -3.58. The van der Waals surface area contributed by atoms with Gasteiger partial charge in [-0.2, -0.15) is 0 Å².